The number of amides is 1. The lowest BCUT2D eigenvalue weighted by Crippen LogP contribution is -2.25. The van der Waals surface area contributed by atoms with Gasteiger partial charge in [0.05, 0.1) is 5.75 Å². The molecule has 0 atom stereocenters. The van der Waals surface area contributed by atoms with Gasteiger partial charge in [-0.2, -0.15) is 0 Å². The Balaban J connectivity index is 1.56. The molecule has 8 heteroatoms. The SMILES string of the molecule is Nn1c(SCC(=O)NCc2ccccc2)nnc1-c1ccc(F)cc1. The van der Waals surface area contributed by atoms with Crippen molar-refractivity contribution in [3.05, 3.63) is 66.0 Å². The fourth-order valence-electron chi connectivity index (χ4n) is 2.15. The molecule has 0 aliphatic heterocycles. The monoisotopic (exact) mass is 357 g/mol. The van der Waals surface area contributed by atoms with Crippen molar-refractivity contribution in [1.82, 2.24) is 20.2 Å². The number of aromatic nitrogens is 3. The summed E-state index contributed by atoms with van der Waals surface area (Å²) in [6.07, 6.45) is 0. The van der Waals surface area contributed by atoms with Crippen LogP contribution < -0.4 is 11.2 Å². The summed E-state index contributed by atoms with van der Waals surface area (Å²) in [5, 5.41) is 11.2. The lowest BCUT2D eigenvalue weighted by molar-refractivity contribution is -0.118. The topological polar surface area (TPSA) is 85.8 Å². The van der Waals surface area contributed by atoms with E-state index in [1.165, 1.54) is 28.6 Å². The average Bonchev–Trinajstić information content (AvgIpc) is 3.00. The molecule has 2 aromatic carbocycles. The predicted octanol–water partition coefficient (Wildman–Crippen LogP) is 2.21. The van der Waals surface area contributed by atoms with Crippen LogP contribution in [-0.4, -0.2) is 26.5 Å². The normalized spacial score (nSPS) is 10.6. The van der Waals surface area contributed by atoms with Crippen molar-refractivity contribution >= 4 is 17.7 Å². The van der Waals surface area contributed by atoms with Gasteiger partial charge in [0.15, 0.2) is 5.82 Å². The van der Waals surface area contributed by atoms with E-state index in [0.29, 0.717) is 23.1 Å². The summed E-state index contributed by atoms with van der Waals surface area (Å²) in [4.78, 5) is 11.9. The van der Waals surface area contributed by atoms with Crippen LogP contribution in [0, 0.1) is 5.82 Å². The zero-order chi connectivity index (χ0) is 17.6. The van der Waals surface area contributed by atoms with Crippen LogP contribution in [0.25, 0.3) is 11.4 Å². The molecule has 0 aliphatic rings. The highest BCUT2D eigenvalue weighted by Crippen LogP contribution is 2.21. The van der Waals surface area contributed by atoms with Gasteiger partial charge in [0, 0.05) is 12.1 Å². The quantitative estimate of drug-likeness (QED) is 0.522. The molecule has 1 amide bonds. The summed E-state index contributed by atoms with van der Waals surface area (Å²) in [6, 6.07) is 15.5. The molecule has 0 fully saturated rings. The van der Waals surface area contributed by atoms with E-state index in [1.54, 1.807) is 12.1 Å². The first-order valence-corrected chi connectivity index (χ1v) is 8.52. The van der Waals surface area contributed by atoms with Gasteiger partial charge in [-0.15, -0.1) is 10.2 Å². The minimum absolute atomic E-state index is 0.125. The molecule has 0 spiro atoms. The van der Waals surface area contributed by atoms with Crippen LogP contribution in [0.2, 0.25) is 0 Å². The Kier molecular flexibility index (Phi) is 5.30. The Morgan fingerprint density at radius 3 is 2.56 bits per heavy atom. The summed E-state index contributed by atoms with van der Waals surface area (Å²) in [5.74, 6) is 6.09. The number of thioether (sulfide) groups is 1. The third-order valence-corrected chi connectivity index (χ3v) is 4.37. The van der Waals surface area contributed by atoms with Crippen molar-refractivity contribution in [2.24, 2.45) is 0 Å². The number of halogens is 1. The summed E-state index contributed by atoms with van der Waals surface area (Å²) >= 11 is 1.19. The fourth-order valence-corrected chi connectivity index (χ4v) is 2.84. The number of benzene rings is 2. The van der Waals surface area contributed by atoms with Crippen molar-refractivity contribution in [1.29, 1.82) is 0 Å². The Labute approximate surface area is 148 Å². The van der Waals surface area contributed by atoms with Gasteiger partial charge in [-0.1, -0.05) is 42.1 Å². The zero-order valence-electron chi connectivity index (χ0n) is 13.2. The van der Waals surface area contributed by atoms with Gasteiger partial charge < -0.3 is 11.2 Å². The largest absolute Gasteiger partial charge is 0.351 e. The molecule has 1 aromatic heterocycles. The molecule has 0 aliphatic carbocycles. The van der Waals surface area contributed by atoms with Gasteiger partial charge in [-0.05, 0) is 29.8 Å². The molecule has 1 heterocycles. The van der Waals surface area contributed by atoms with Crippen molar-refractivity contribution in [3.8, 4) is 11.4 Å². The van der Waals surface area contributed by atoms with E-state index in [9.17, 15) is 9.18 Å². The molecular weight excluding hydrogens is 341 g/mol. The predicted molar refractivity (Wildman–Crippen MR) is 94.6 cm³/mol. The number of nitrogens with zero attached hydrogens (tertiary/aromatic N) is 3. The molecule has 6 nitrogen and oxygen atoms in total. The summed E-state index contributed by atoms with van der Waals surface area (Å²) < 4.78 is 14.3. The Morgan fingerprint density at radius 2 is 1.84 bits per heavy atom. The van der Waals surface area contributed by atoms with Crippen LogP contribution in [0.15, 0.2) is 59.8 Å². The fraction of sp³-hybridized carbons (Fsp3) is 0.118. The highest BCUT2D eigenvalue weighted by atomic mass is 32.2. The highest BCUT2D eigenvalue weighted by molar-refractivity contribution is 7.99. The maximum Gasteiger partial charge on any atom is 0.230 e. The maximum atomic E-state index is 13.0. The van der Waals surface area contributed by atoms with Crippen molar-refractivity contribution in [2.45, 2.75) is 11.7 Å². The standard InChI is InChI=1S/C17H16FN5OS/c18-14-8-6-13(7-9-14)16-21-22-17(23(16)19)25-11-15(24)20-10-12-4-2-1-3-5-12/h1-9H,10-11,19H2,(H,20,24). The number of nitrogens with two attached hydrogens (primary N) is 1. The van der Waals surface area contributed by atoms with E-state index < -0.39 is 0 Å². The molecule has 3 rings (SSSR count). The molecule has 128 valence electrons. The summed E-state index contributed by atoms with van der Waals surface area (Å²) in [7, 11) is 0. The van der Waals surface area contributed by atoms with E-state index in [0.717, 1.165) is 5.56 Å². The molecule has 3 N–H and O–H groups in total. The smallest absolute Gasteiger partial charge is 0.230 e. The van der Waals surface area contributed by atoms with Crippen molar-refractivity contribution < 1.29 is 9.18 Å². The van der Waals surface area contributed by atoms with Crippen LogP contribution >= 0.6 is 11.8 Å². The molecule has 25 heavy (non-hydrogen) atoms. The van der Waals surface area contributed by atoms with Crippen LogP contribution in [0.5, 0.6) is 0 Å². The number of rotatable bonds is 6. The summed E-state index contributed by atoms with van der Waals surface area (Å²) in [5.41, 5.74) is 1.68. The minimum Gasteiger partial charge on any atom is -0.351 e. The lowest BCUT2D eigenvalue weighted by atomic mass is 10.2. The van der Waals surface area contributed by atoms with Crippen molar-refractivity contribution in [3.63, 3.8) is 0 Å². The second-order valence-electron chi connectivity index (χ2n) is 5.23. The van der Waals surface area contributed by atoms with Gasteiger partial charge >= 0.3 is 0 Å². The van der Waals surface area contributed by atoms with Gasteiger partial charge in [0.25, 0.3) is 0 Å². The van der Waals surface area contributed by atoms with Gasteiger partial charge in [-0.3, -0.25) is 4.79 Å². The summed E-state index contributed by atoms with van der Waals surface area (Å²) in [6.45, 7) is 0.469. The highest BCUT2D eigenvalue weighted by Gasteiger charge is 2.13. The van der Waals surface area contributed by atoms with E-state index in [2.05, 4.69) is 15.5 Å². The van der Waals surface area contributed by atoms with Gasteiger partial charge in [0.1, 0.15) is 5.82 Å². The third-order valence-electron chi connectivity index (χ3n) is 3.43. The molecule has 0 saturated heterocycles. The Hall–Kier alpha value is -2.87. The van der Waals surface area contributed by atoms with Gasteiger partial charge in [-0.25, -0.2) is 9.07 Å². The van der Waals surface area contributed by atoms with Crippen LogP contribution in [-0.2, 0) is 11.3 Å². The van der Waals surface area contributed by atoms with Crippen LogP contribution in [0.4, 0.5) is 4.39 Å². The number of hydrogen-bond acceptors (Lipinski definition) is 5. The van der Waals surface area contributed by atoms with E-state index in [-0.39, 0.29) is 17.5 Å². The number of nitrogen functional groups attached to an aromatic ring is 1. The number of hydrogen-bond donors (Lipinski definition) is 2. The first-order chi connectivity index (χ1) is 12.1. The third kappa shape index (κ3) is 4.36. The Morgan fingerprint density at radius 1 is 1.12 bits per heavy atom. The number of carbonyl (C=O) groups is 1. The van der Waals surface area contributed by atoms with Gasteiger partial charge in [0.2, 0.25) is 11.1 Å². The number of nitrogens with one attached hydrogen (secondary N) is 1. The zero-order valence-corrected chi connectivity index (χ0v) is 14.0. The minimum atomic E-state index is -0.337. The van der Waals surface area contributed by atoms with Crippen molar-refractivity contribution in [2.75, 3.05) is 11.6 Å². The molecule has 0 bridgehead atoms. The van der Waals surface area contributed by atoms with E-state index in [4.69, 9.17) is 5.84 Å². The molecule has 0 saturated carbocycles. The molecule has 0 radical (unpaired) electrons. The Bertz CT molecular complexity index is 851. The maximum absolute atomic E-state index is 13.0. The van der Waals surface area contributed by atoms with E-state index in [1.807, 2.05) is 30.3 Å². The van der Waals surface area contributed by atoms with Crippen LogP contribution in [0.1, 0.15) is 5.56 Å². The molecule has 3 aromatic rings. The number of carbonyl (C=O) groups excluding carboxylic acids is 1. The van der Waals surface area contributed by atoms with E-state index >= 15 is 0 Å². The van der Waals surface area contributed by atoms with Crippen LogP contribution in [0.3, 0.4) is 0 Å². The second-order valence-corrected chi connectivity index (χ2v) is 6.18. The average molecular weight is 357 g/mol. The lowest BCUT2D eigenvalue weighted by Gasteiger charge is -2.05. The molecular formula is C17H16FN5OS. The first kappa shape index (κ1) is 17.0. The first-order valence-electron chi connectivity index (χ1n) is 7.53. The second kappa shape index (κ2) is 7.80. The molecule has 0 unspecified atom stereocenters.